The van der Waals surface area contributed by atoms with Gasteiger partial charge in [0.2, 0.25) is 0 Å². The van der Waals surface area contributed by atoms with Crippen LogP contribution in [-0.4, -0.2) is 23.2 Å². The van der Waals surface area contributed by atoms with Crippen LogP contribution in [-0.2, 0) is 4.79 Å². The maximum atomic E-state index is 10.5. The van der Waals surface area contributed by atoms with Crippen LogP contribution >= 0.6 is 0 Å². The Labute approximate surface area is 86.2 Å². The van der Waals surface area contributed by atoms with Crippen molar-refractivity contribution in [3.8, 4) is 0 Å². The zero-order valence-corrected chi connectivity index (χ0v) is 9.55. The van der Waals surface area contributed by atoms with Gasteiger partial charge in [0.1, 0.15) is 0 Å². The highest BCUT2D eigenvalue weighted by molar-refractivity contribution is 5.85. The van der Waals surface area contributed by atoms with Crippen LogP contribution in [0.2, 0.25) is 0 Å². The van der Waals surface area contributed by atoms with Gasteiger partial charge in [0.15, 0.2) is 0 Å². The van der Waals surface area contributed by atoms with Gasteiger partial charge >= 0.3 is 5.97 Å². The fourth-order valence-corrected chi connectivity index (χ4v) is 1.28. The van der Waals surface area contributed by atoms with Gasteiger partial charge in [-0.2, -0.15) is 0 Å². The van der Waals surface area contributed by atoms with Crippen molar-refractivity contribution in [1.29, 1.82) is 0 Å². The zero-order chi connectivity index (χ0) is 11.2. The van der Waals surface area contributed by atoms with Gasteiger partial charge in [-0.25, -0.2) is 4.79 Å². The molecule has 0 rings (SSSR count). The number of hydrogen-bond donors (Lipinski definition) is 2. The molecule has 0 aromatic heterocycles. The minimum absolute atomic E-state index is 0.0873. The Morgan fingerprint density at radius 3 is 2.50 bits per heavy atom. The molecular weight excluding hydrogens is 178 g/mol. The highest BCUT2D eigenvalue weighted by atomic mass is 16.4. The van der Waals surface area contributed by atoms with E-state index in [1.807, 2.05) is 0 Å². The maximum Gasteiger partial charge on any atom is 0.330 e. The Morgan fingerprint density at radius 2 is 2.07 bits per heavy atom. The second kappa shape index (κ2) is 5.81. The number of aliphatic carboxylic acids is 1. The summed E-state index contributed by atoms with van der Waals surface area (Å²) in [6, 6.07) is 0. The first kappa shape index (κ1) is 13.2. The van der Waals surface area contributed by atoms with E-state index in [1.165, 1.54) is 0 Å². The second-order valence-electron chi connectivity index (χ2n) is 4.21. The van der Waals surface area contributed by atoms with Crippen molar-refractivity contribution in [2.24, 2.45) is 0 Å². The van der Waals surface area contributed by atoms with Crippen molar-refractivity contribution >= 4 is 5.97 Å². The molecule has 82 valence electrons. The van der Waals surface area contributed by atoms with Gasteiger partial charge in [-0.1, -0.05) is 19.4 Å². The fourth-order valence-electron chi connectivity index (χ4n) is 1.28. The highest BCUT2D eigenvalue weighted by Gasteiger charge is 2.14. The number of hydrogen-bond acceptors (Lipinski definition) is 2. The Morgan fingerprint density at radius 1 is 1.50 bits per heavy atom. The summed E-state index contributed by atoms with van der Waals surface area (Å²) in [7, 11) is 0. The fraction of sp³-hybridized carbons (Fsp3) is 0.727. The summed E-state index contributed by atoms with van der Waals surface area (Å²) in [5.41, 5.74) is 0.481. The largest absolute Gasteiger partial charge is 0.478 e. The predicted molar refractivity (Wildman–Crippen MR) is 58.4 cm³/mol. The molecule has 0 heterocycles. The first-order valence-corrected chi connectivity index (χ1v) is 5.04. The van der Waals surface area contributed by atoms with Crippen LogP contribution in [0.4, 0.5) is 0 Å². The molecule has 3 heteroatoms. The molecule has 0 bridgehead atoms. The van der Waals surface area contributed by atoms with Gasteiger partial charge in [-0.3, -0.25) is 0 Å². The third kappa shape index (κ3) is 5.75. The van der Waals surface area contributed by atoms with E-state index in [-0.39, 0.29) is 5.54 Å². The van der Waals surface area contributed by atoms with E-state index in [1.54, 1.807) is 13.0 Å². The molecule has 0 aromatic carbocycles. The van der Waals surface area contributed by atoms with Crippen molar-refractivity contribution in [3.63, 3.8) is 0 Å². The van der Waals surface area contributed by atoms with Crippen molar-refractivity contribution < 1.29 is 9.90 Å². The van der Waals surface area contributed by atoms with E-state index in [4.69, 9.17) is 5.11 Å². The standard InChI is InChI=1S/C11H21NO2/c1-5-7-11(3,4)12-8-6-9(2)10(13)14/h6,12H,5,7-8H2,1-4H3,(H,13,14)/b9-6-. The quantitative estimate of drug-likeness (QED) is 0.645. The molecule has 0 spiro atoms. The molecule has 0 fully saturated rings. The molecule has 0 radical (unpaired) electrons. The molecule has 0 saturated carbocycles. The lowest BCUT2D eigenvalue weighted by molar-refractivity contribution is -0.132. The van der Waals surface area contributed by atoms with Crippen LogP contribution < -0.4 is 5.32 Å². The number of nitrogens with one attached hydrogen (secondary N) is 1. The summed E-state index contributed by atoms with van der Waals surface area (Å²) in [6.45, 7) is 8.62. The lowest BCUT2D eigenvalue weighted by Gasteiger charge is -2.25. The third-order valence-electron chi connectivity index (χ3n) is 2.20. The lowest BCUT2D eigenvalue weighted by Crippen LogP contribution is -2.39. The molecule has 0 amide bonds. The molecule has 0 aliphatic carbocycles. The molecule has 0 unspecified atom stereocenters. The van der Waals surface area contributed by atoms with Crippen molar-refractivity contribution in [2.45, 2.75) is 46.1 Å². The van der Waals surface area contributed by atoms with Crippen LogP contribution in [0.5, 0.6) is 0 Å². The average Bonchev–Trinajstić information content (AvgIpc) is 2.03. The molecule has 14 heavy (non-hydrogen) atoms. The second-order valence-corrected chi connectivity index (χ2v) is 4.21. The summed E-state index contributed by atoms with van der Waals surface area (Å²) in [5, 5.41) is 11.9. The Kier molecular flexibility index (Phi) is 5.46. The van der Waals surface area contributed by atoms with E-state index in [0.29, 0.717) is 12.1 Å². The topological polar surface area (TPSA) is 49.3 Å². The van der Waals surface area contributed by atoms with E-state index >= 15 is 0 Å². The summed E-state index contributed by atoms with van der Waals surface area (Å²) in [4.78, 5) is 10.5. The number of rotatable bonds is 6. The van der Waals surface area contributed by atoms with Gasteiger partial charge in [0, 0.05) is 17.7 Å². The summed E-state index contributed by atoms with van der Waals surface area (Å²) in [5.74, 6) is -0.847. The monoisotopic (exact) mass is 199 g/mol. The predicted octanol–water partition coefficient (Wildman–Crippen LogP) is 2.19. The number of carboxylic acid groups (broad SMARTS) is 1. The summed E-state index contributed by atoms with van der Waals surface area (Å²) in [6.07, 6.45) is 3.92. The number of carbonyl (C=O) groups is 1. The highest BCUT2D eigenvalue weighted by Crippen LogP contribution is 2.10. The SMILES string of the molecule is CCCC(C)(C)NC/C=C(/C)C(=O)O. The van der Waals surface area contributed by atoms with Crippen molar-refractivity contribution in [3.05, 3.63) is 11.6 Å². The van der Waals surface area contributed by atoms with E-state index in [2.05, 4.69) is 26.1 Å². The first-order chi connectivity index (χ1) is 6.39. The normalized spacial score (nSPS) is 13.0. The minimum Gasteiger partial charge on any atom is -0.478 e. The van der Waals surface area contributed by atoms with Crippen LogP contribution in [0.1, 0.15) is 40.5 Å². The van der Waals surface area contributed by atoms with Crippen LogP contribution in [0.25, 0.3) is 0 Å². The molecule has 0 aromatic rings. The molecular formula is C11H21NO2. The molecule has 0 aliphatic heterocycles. The third-order valence-corrected chi connectivity index (χ3v) is 2.20. The molecule has 0 saturated heterocycles. The summed E-state index contributed by atoms with van der Waals surface area (Å²) >= 11 is 0. The molecule has 0 atom stereocenters. The average molecular weight is 199 g/mol. The molecule has 0 aliphatic rings. The van der Waals surface area contributed by atoms with Gasteiger partial charge in [0.25, 0.3) is 0 Å². The summed E-state index contributed by atoms with van der Waals surface area (Å²) < 4.78 is 0. The van der Waals surface area contributed by atoms with E-state index < -0.39 is 5.97 Å². The van der Waals surface area contributed by atoms with Crippen LogP contribution in [0, 0.1) is 0 Å². The van der Waals surface area contributed by atoms with Crippen molar-refractivity contribution in [2.75, 3.05) is 6.54 Å². The Balaban J connectivity index is 3.94. The number of carboxylic acids is 1. The molecule has 3 nitrogen and oxygen atoms in total. The van der Waals surface area contributed by atoms with Gasteiger partial charge in [0.05, 0.1) is 0 Å². The van der Waals surface area contributed by atoms with Gasteiger partial charge in [-0.15, -0.1) is 0 Å². The van der Waals surface area contributed by atoms with E-state index in [0.717, 1.165) is 12.8 Å². The smallest absolute Gasteiger partial charge is 0.330 e. The van der Waals surface area contributed by atoms with Gasteiger partial charge in [-0.05, 0) is 27.2 Å². The zero-order valence-electron chi connectivity index (χ0n) is 9.55. The lowest BCUT2D eigenvalue weighted by atomic mass is 9.99. The molecule has 2 N–H and O–H groups in total. The Hall–Kier alpha value is -0.830. The minimum atomic E-state index is -0.847. The van der Waals surface area contributed by atoms with Crippen LogP contribution in [0.3, 0.4) is 0 Å². The van der Waals surface area contributed by atoms with E-state index in [9.17, 15) is 4.79 Å². The van der Waals surface area contributed by atoms with Crippen LogP contribution in [0.15, 0.2) is 11.6 Å². The van der Waals surface area contributed by atoms with Gasteiger partial charge < -0.3 is 10.4 Å². The first-order valence-electron chi connectivity index (χ1n) is 5.04. The maximum absolute atomic E-state index is 10.5. The van der Waals surface area contributed by atoms with Crippen molar-refractivity contribution in [1.82, 2.24) is 5.32 Å². The Bertz CT molecular complexity index is 219.